The molecule has 0 bridgehead atoms. The molecule has 0 aromatic carbocycles. The summed E-state index contributed by atoms with van der Waals surface area (Å²) in [6.07, 6.45) is 12.2. The van der Waals surface area contributed by atoms with Gasteiger partial charge in [0.05, 0.1) is 11.7 Å². The Labute approximate surface area is 132 Å². The minimum Gasteiger partial charge on any atom is -0.300 e. The molecule has 0 amide bonds. The van der Waals surface area contributed by atoms with E-state index in [0.717, 1.165) is 0 Å². The van der Waals surface area contributed by atoms with Crippen molar-refractivity contribution in [2.75, 3.05) is 25.1 Å². The van der Waals surface area contributed by atoms with Gasteiger partial charge in [-0.25, -0.2) is 4.68 Å². The summed E-state index contributed by atoms with van der Waals surface area (Å²) in [6.45, 7) is 4.75. The third kappa shape index (κ3) is 3.62. The second-order valence-electron chi connectivity index (χ2n) is 6.68. The summed E-state index contributed by atoms with van der Waals surface area (Å²) >= 11 is 1.95. The fraction of sp³-hybridized carbons (Fsp3) is 0.875. The van der Waals surface area contributed by atoms with Crippen LogP contribution in [0.5, 0.6) is 0 Å². The van der Waals surface area contributed by atoms with Crippen LogP contribution in [-0.2, 0) is 0 Å². The Hall–Kier alpha value is -0.550. The second kappa shape index (κ2) is 7.14. The first kappa shape index (κ1) is 15.3. The van der Waals surface area contributed by atoms with E-state index in [-0.39, 0.29) is 0 Å². The molecule has 0 N–H and O–H groups in total. The lowest BCUT2D eigenvalue weighted by atomic mass is 10.0. The minimum atomic E-state index is 0.561. The normalized spacial score (nSPS) is 23.7. The summed E-state index contributed by atoms with van der Waals surface area (Å²) in [5, 5.41) is 8.89. The molecule has 1 aromatic rings. The van der Waals surface area contributed by atoms with Crippen LogP contribution in [0.1, 0.15) is 63.1 Å². The van der Waals surface area contributed by atoms with Crippen LogP contribution >= 0.6 is 11.8 Å². The number of hydrogen-bond donors (Lipinski definition) is 0. The molecule has 4 nitrogen and oxygen atoms in total. The third-order valence-electron chi connectivity index (χ3n) is 5.21. The summed E-state index contributed by atoms with van der Waals surface area (Å²) in [5.41, 5.74) is 1.24. The fourth-order valence-electron chi connectivity index (χ4n) is 3.82. The lowest BCUT2D eigenvalue weighted by molar-refractivity contribution is 0.148. The van der Waals surface area contributed by atoms with Crippen molar-refractivity contribution in [3.8, 4) is 0 Å². The summed E-state index contributed by atoms with van der Waals surface area (Å²) in [5.74, 6) is 1.92. The van der Waals surface area contributed by atoms with E-state index >= 15 is 0 Å². The summed E-state index contributed by atoms with van der Waals surface area (Å²) in [6, 6.07) is 1.26. The molecule has 3 rings (SSSR count). The van der Waals surface area contributed by atoms with Gasteiger partial charge in [0.2, 0.25) is 0 Å². The Morgan fingerprint density at radius 1 is 1.24 bits per heavy atom. The lowest BCUT2D eigenvalue weighted by Crippen LogP contribution is -2.41. The Balaban J connectivity index is 1.54. The van der Waals surface area contributed by atoms with E-state index in [2.05, 4.69) is 39.3 Å². The van der Waals surface area contributed by atoms with Gasteiger partial charge in [0.15, 0.2) is 0 Å². The number of rotatable bonds is 5. The van der Waals surface area contributed by atoms with Crippen LogP contribution in [0.25, 0.3) is 0 Å². The number of likely N-dealkylation sites (tertiary alicyclic amines) is 1. The van der Waals surface area contributed by atoms with Gasteiger partial charge in [-0.05, 0) is 38.9 Å². The van der Waals surface area contributed by atoms with E-state index < -0.39 is 0 Å². The lowest BCUT2D eigenvalue weighted by Gasteiger charge is -2.35. The van der Waals surface area contributed by atoms with Gasteiger partial charge in [-0.15, -0.1) is 5.10 Å². The summed E-state index contributed by atoms with van der Waals surface area (Å²) in [4.78, 5) is 2.63. The second-order valence-corrected chi connectivity index (χ2v) is 7.59. The van der Waals surface area contributed by atoms with Crippen molar-refractivity contribution in [1.82, 2.24) is 19.9 Å². The zero-order valence-electron chi connectivity index (χ0n) is 13.4. The molecule has 5 heteroatoms. The molecule has 1 saturated heterocycles. The molecule has 0 radical (unpaired) electrons. The number of hydrogen-bond acceptors (Lipinski definition) is 4. The molecule has 2 fully saturated rings. The quantitative estimate of drug-likeness (QED) is 0.835. The molecule has 1 unspecified atom stereocenters. The van der Waals surface area contributed by atoms with Crippen molar-refractivity contribution in [1.29, 1.82) is 0 Å². The molecule has 1 aliphatic heterocycles. The average Bonchev–Trinajstić information content (AvgIpc) is 3.19. The SMILES string of the molecule is CSCC(C)N1CCC(n2cc(C3CCCC3)nn2)CC1. The number of thioether (sulfide) groups is 1. The van der Waals surface area contributed by atoms with Gasteiger partial charge in [-0.3, -0.25) is 4.90 Å². The van der Waals surface area contributed by atoms with Gasteiger partial charge in [0.25, 0.3) is 0 Å². The summed E-state index contributed by atoms with van der Waals surface area (Å²) < 4.78 is 2.16. The van der Waals surface area contributed by atoms with Crippen molar-refractivity contribution < 1.29 is 0 Å². The average molecular weight is 308 g/mol. The Kier molecular flexibility index (Phi) is 5.22. The first-order valence-electron chi connectivity index (χ1n) is 8.42. The van der Waals surface area contributed by atoms with Crippen LogP contribution in [0.4, 0.5) is 0 Å². The molecule has 1 saturated carbocycles. The molecule has 1 aliphatic carbocycles. The highest BCUT2D eigenvalue weighted by Gasteiger charge is 2.26. The van der Waals surface area contributed by atoms with Crippen molar-refractivity contribution in [3.63, 3.8) is 0 Å². The smallest absolute Gasteiger partial charge is 0.0858 e. The van der Waals surface area contributed by atoms with Crippen molar-refractivity contribution in [2.24, 2.45) is 0 Å². The largest absolute Gasteiger partial charge is 0.300 e. The number of piperidine rings is 1. The van der Waals surface area contributed by atoms with Crippen LogP contribution in [-0.4, -0.2) is 51.0 Å². The molecule has 1 atom stereocenters. The molecule has 2 aliphatic rings. The first-order chi connectivity index (χ1) is 10.3. The standard InChI is InChI=1S/C16H28N4S/c1-13(12-21-2)19-9-7-15(8-10-19)20-11-16(17-18-20)14-5-3-4-6-14/h11,13-15H,3-10,12H2,1-2H3. The Morgan fingerprint density at radius 3 is 2.62 bits per heavy atom. The minimum absolute atomic E-state index is 0.561. The highest BCUT2D eigenvalue weighted by molar-refractivity contribution is 7.98. The predicted molar refractivity (Wildman–Crippen MR) is 88.9 cm³/mol. The molecular weight excluding hydrogens is 280 g/mol. The van der Waals surface area contributed by atoms with Crippen molar-refractivity contribution >= 4 is 11.8 Å². The zero-order valence-corrected chi connectivity index (χ0v) is 14.2. The highest BCUT2D eigenvalue weighted by atomic mass is 32.2. The van der Waals surface area contributed by atoms with Crippen LogP contribution in [0.2, 0.25) is 0 Å². The van der Waals surface area contributed by atoms with Crippen molar-refractivity contribution in [3.05, 3.63) is 11.9 Å². The molecule has 2 heterocycles. The maximum absolute atomic E-state index is 4.45. The van der Waals surface area contributed by atoms with Crippen LogP contribution in [0, 0.1) is 0 Å². The van der Waals surface area contributed by atoms with Gasteiger partial charge < -0.3 is 0 Å². The van der Waals surface area contributed by atoms with Crippen molar-refractivity contribution in [2.45, 2.75) is 63.5 Å². The van der Waals surface area contributed by atoms with E-state index in [1.165, 1.54) is 63.1 Å². The van der Waals surface area contributed by atoms with Gasteiger partial charge in [-0.1, -0.05) is 18.1 Å². The first-order valence-corrected chi connectivity index (χ1v) is 9.82. The zero-order chi connectivity index (χ0) is 14.7. The van der Waals surface area contributed by atoms with E-state index in [0.29, 0.717) is 18.0 Å². The van der Waals surface area contributed by atoms with Crippen LogP contribution in [0.3, 0.4) is 0 Å². The molecule has 21 heavy (non-hydrogen) atoms. The van der Waals surface area contributed by atoms with E-state index in [1.54, 1.807) is 0 Å². The fourth-order valence-corrected chi connectivity index (χ4v) is 4.51. The maximum atomic E-state index is 4.45. The molecule has 1 aromatic heterocycles. The van der Waals surface area contributed by atoms with Gasteiger partial charge in [0, 0.05) is 37.0 Å². The molecular formula is C16H28N4S. The topological polar surface area (TPSA) is 34.0 Å². The Morgan fingerprint density at radius 2 is 1.95 bits per heavy atom. The van der Waals surface area contributed by atoms with Crippen LogP contribution < -0.4 is 0 Å². The number of aromatic nitrogens is 3. The summed E-state index contributed by atoms with van der Waals surface area (Å²) in [7, 11) is 0. The van der Waals surface area contributed by atoms with E-state index in [9.17, 15) is 0 Å². The van der Waals surface area contributed by atoms with Gasteiger partial charge >= 0.3 is 0 Å². The van der Waals surface area contributed by atoms with E-state index in [1.807, 2.05) is 11.8 Å². The number of nitrogens with zero attached hydrogens (tertiary/aromatic N) is 4. The van der Waals surface area contributed by atoms with E-state index in [4.69, 9.17) is 0 Å². The van der Waals surface area contributed by atoms with Gasteiger partial charge in [-0.2, -0.15) is 11.8 Å². The highest BCUT2D eigenvalue weighted by Crippen LogP contribution is 2.33. The Bertz CT molecular complexity index is 433. The molecule has 0 spiro atoms. The molecule has 118 valence electrons. The van der Waals surface area contributed by atoms with Gasteiger partial charge in [0.1, 0.15) is 0 Å². The maximum Gasteiger partial charge on any atom is 0.0858 e. The van der Waals surface area contributed by atoms with Crippen LogP contribution in [0.15, 0.2) is 6.20 Å². The predicted octanol–water partition coefficient (Wildman–Crippen LogP) is 3.32. The third-order valence-corrected chi connectivity index (χ3v) is 6.02. The monoisotopic (exact) mass is 308 g/mol.